The van der Waals surface area contributed by atoms with Crippen LogP contribution in [0.2, 0.25) is 10.0 Å². The van der Waals surface area contributed by atoms with Gasteiger partial charge < -0.3 is 4.74 Å². The largest absolute Gasteiger partial charge is 0.454 e. The van der Waals surface area contributed by atoms with Crippen LogP contribution in [0.25, 0.3) is 0 Å². The van der Waals surface area contributed by atoms with Crippen LogP contribution in [0.15, 0.2) is 12.1 Å². The van der Waals surface area contributed by atoms with Crippen LogP contribution in [0, 0.1) is 0 Å². The smallest absolute Gasteiger partial charge is 0.151 e. The molecule has 9 heavy (non-hydrogen) atoms. The van der Waals surface area contributed by atoms with Crippen molar-refractivity contribution in [1.82, 2.24) is 0 Å². The SMILES string of the molecule is Clc1cc2c(Cl)c(c1)O2. The Morgan fingerprint density at radius 3 is 2.00 bits per heavy atom. The minimum absolute atomic E-state index is 0.677. The van der Waals surface area contributed by atoms with Gasteiger partial charge in [-0.2, -0.15) is 0 Å². The molecule has 1 aromatic carbocycles. The molecule has 0 saturated heterocycles. The van der Waals surface area contributed by atoms with Crippen molar-refractivity contribution < 1.29 is 4.74 Å². The predicted octanol–water partition coefficient (Wildman–Crippen LogP) is 3.10. The number of ether oxygens (including phenoxy) is 1. The van der Waals surface area contributed by atoms with Gasteiger partial charge in [-0.15, -0.1) is 0 Å². The van der Waals surface area contributed by atoms with Gasteiger partial charge in [0.15, 0.2) is 11.5 Å². The van der Waals surface area contributed by atoms with Gasteiger partial charge in [0, 0.05) is 17.2 Å². The maximum Gasteiger partial charge on any atom is 0.151 e. The van der Waals surface area contributed by atoms with E-state index in [2.05, 4.69) is 0 Å². The monoisotopic (exact) mass is 160 g/mol. The van der Waals surface area contributed by atoms with Gasteiger partial charge in [-0.1, -0.05) is 23.2 Å². The van der Waals surface area contributed by atoms with Gasteiger partial charge in [0.2, 0.25) is 0 Å². The molecule has 46 valence electrons. The van der Waals surface area contributed by atoms with E-state index in [1.807, 2.05) is 0 Å². The van der Waals surface area contributed by atoms with Crippen LogP contribution >= 0.6 is 23.2 Å². The summed E-state index contributed by atoms with van der Waals surface area (Å²) in [5.74, 6) is 1.36. The highest BCUT2D eigenvalue weighted by Gasteiger charge is 2.20. The van der Waals surface area contributed by atoms with Crippen molar-refractivity contribution in [3.05, 3.63) is 22.2 Å². The molecule has 0 unspecified atom stereocenters. The molecule has 0 aromatic heterocycles. The topological polar surface area (TPSA) is 9.23 Å². The highest BCUT2D eigenvalue weighted by molar-refractivity contribution is 6.36. The summed E-state index contributed by atoms with van der Waals surface area (Å²) < 4.78 is 5.01. The molecule has 3 rings (SSSR count). The highest BCUT2D eigenvalue weighted by atomic mass is 35.5. The summed E-state index contributed by atoms with van der Waals surface area (Å²) in [6.07, 6.45) is 0. The highest BCUT2D eigenvalue weighted by Crippen LogP contribution is 2.48. The fourth-order valence-corrected chi connectivity index (χ4v) is 1.15. The number of rotatable bonds is 0. The molecule has 2 heterocycles. The number of fused-ring (bicyclic) bond motifs is 2. The summed E-state index contributed by atoms with van der Waals surface area (Å²) in [5.41, 5.74) is 0. The Morgan fingerprint density at radius 1 is 1.11 bits per heavy atom. The first-order valence-corrected chi connectivity index (χ1v) is 3.20. The second-order valence-corrected chi connectivity index (χ2v) is 2.63. The fraction of sp³-hybridized carbons (Fsp3) is 0. The quantitative estimate of drug-likeness (QED) is 0.576. The van der Waals surface area contributed by atoms with Crippen LogP contribution in [0.3, 0.4) is 0 Å². The van der Waals surface area contributed by atoms with E-state index < -0.39 is 0 Å². The summed E-state index contributed by atoms with van der Waals surface area (Å²) in [6, 6.07) is 3.38. The van der Waals surface area contributed by atoms with E-state index >= 15 is 0 Å². The molecule has 0 N–H and O–H groups in total. The van der Waals surface area contributed by atoms with E-state index in [0.29, 0.717) is 21.5 Å². The molecule has 2 aliphatic heterocycles. The molecule has 0 fully saturated rings. The van der Waals surface area contributed by atoms with Crippen molar-refractivity contribution in [2.75, 3.05) is 0 Å². The molecule has 0 spiro atoms. The molecule has 1 nitrogen and oxygen atoms in total. The first-order chi connectivity index (χ1) is 4.27. The number of hydrogen-bond donors (Lipinski definition) is 0. The van der Waals surface area contributed by atoms with Crippen molar-refractivity contribution >= 4 is 23.2 Å². The van der Waals surface area contributed by atoms with E-state index in [4.69, 9.17) is 27.9 Å². The van der Waals surface area contributed by atoms with Gasteiger partial charge in [-0.25, -0.2) is 0 Å². The Labute approximate surface area is 62.1 Å². The normalized spacial score (nSPS) is 12.2. The van der Waals surface area contributed by atoms with Crippen molar-refractivity contribution in [2.45, 2.75) is 0 Å². The summed E-state index contributed by atoms with van der Waals surface area (Å²) in [5, 5.41) is 1.36. The van der Waals surface area contributed by atoms with E-state index in [0.717, 1.165) is 0 Å². The maximum absolute atomic E-state index is 5.67. The van der Waals surface area contributed by atoms with E-state index in [-0.39, 0.29) is 0 Å². The third kappa shape index (κ3) is 0.620. The van der Waals surface area contributed by atoms with Crippen LogP contribution < -0.4 is 4.74 Å². The van der Waals surface area contributed by atoms with E-state index in [1.165, 1.54) is 0 Å². The second-order valence-electron chi connectivity index (χ2n) is 1.82. The molecule has 0 amide bonds. The lowest BCUT2D eigenvalue weighted by Gasteiger charge is -2.19. The third-order valence-electron chi connectivity index (χ3n) is 1.19. The zero-order chi connectivity index (χ0) is 6.43. The minimum atomic E-state index is 0.677. The summed E-state index contributed by atoms with van der Waals surface area (Å²) >= 11 is 11.3. The summed E-state index contributed by atoms with van der Waals surface area (Å²) in [6.45, 7) is 0. The van der Waals surface area contributed by atoms with Crippen molar-refractivity contribution in [2.24, 2.45) is 0 Å². The van der Waals surface area contributed by atoms with Crippen LogP contribution in [-0.2, 0) is 0 Å². The van der Waals surface area contributed by atoms with Crippen molar-refractivity contribution in [1.29, 1.82) is 0 Å². The van der Waals surface area contributed by atoms with Crippen LogP contribution in [-0.4, -0.2) is 0 Å². The zero-order valence-corrected chi connectivity index (χ0v) is 5.83. The van der Waals surface area contributed by atoms with Crippen molar-refractivity contribution in [3.63, 3.8) is 0 Å². The van der Waals surface area contributed by atoms with Crippen LogP contribution in [0.1, 0.15) is 0 Å². The Kier molecular flexibility index (Phi) is 0.930. The standard InChI is InChI=1S/C6H2Cl2O/c7-3-1-4-6(8)5(2-3)9-4/h1-2H. The molecule has 1 aromatic rings. The average molecular weight is 161 g/mol. The van der Waals surface area contributed by atoms with Gasteiger partial charge in [0.05, 0.1) is 0 Å². The fourth-order valence-electron chi connectivity index (χ4n) is 0.761. The average Bonchev–Trinajstić information content (AvgIpc) is 1.87. The van der Waals surface area contributed by atoms with Gasteiger partial charge in [0.1, 0.15) is 5.02 Å². The maximum atomic E-state index is 5.67. The molecule has 0 atom stereocenters. The number of benzene rings is 1. The lowest BCUT2D eigenvalue weighted by Crippen LogP contribution is -1.96. The molecular formula is C6H2Cl2O. The third-order valence-corrected chi connectivity index (χ3v) is 1.78. The van der Waals surface area contributed by atoms with Crippen LogP contribution in [0.4, 0.5) is 0 Å². The van der Waals surface area contributed by atoms with Gasteiger partial charge >= 0.3 is 0 Å². The van der Waals surface area contributed by atoms with E-state index in [1.54, 1.807) is 12.1 Å². The summed E-state index contributed by atoms with van der Waals surface area (Å²) in [7, 11) is 0. The van der Waals surface area contributed by atoms with Gasteiger partial charge in [0.25, 0.3) is 0 Å². The molecule has 0 aliphatic carbocycles. The lowest BCUT2D eigenvalue weighted by molar-refractivity contribution is 0.439. The first-order valence-electron chi connectivity index (χ1n) is 2.44. The number of halogens is 2. The van der Waals surface area contributed by atoms with Crippen LogP contribution in [0.5, 0.6) is 11.5 Å². The van der Waals surface area contributed by atoms with Gasteiger partial charge in [-0.05, 0) is 0 Å². The number of hydrogen-bond acceptors (Lipinski definition) is 1. The molecule has 2 bridgehead atoms. The van der Waals surface area contributed by atoms with Crippen molar-refractivity contribution in [3.8, 4) is 11.5 Å². The second kappa shape index (κ2) is 1.55. The Morgan fingerprint density at radius 2 is 1.67 bits per heavy atom. The molecule has 0 radical (unpaired) electrons. The molecular weight excluding hydrogens is 159 g/mol. The summed E-state index contributed by atoms with van der Waals surface area (Å²) in [4.78, 5) is 0. The zero-order valence-electron chi connectivity index (χ0n) is 4.32. The Bertz CT molecular complexity index is 247. The lowest BCUT2D eigenvalue weighted by atomic mass is 10.2. The Balaban J connectivity index is 2.69. The van der Waals surface area contributed by atoms with E-state index in [9.17, 15) is 0 Å². The molecule has 2 aliphatic rings. The molecule has 0 saturated carbocycles. The molecule has 3 heteroatoms. The first kappa shape index (κ1) is 5.39. The van der Waals surface area contributed by atoms with Gasteiger partial charge in [-0.3, -0.25) is 0 Å². The Hall–Kier alpha value is -0.400. The predicted molar refractivity (Wildman–Crippen MR) is 36.5 cm³/mol. The minimum Gasteiger partial charge on any atom is -0.454 e.